The Bertz CT molecular complexity index is 160. The first-order chi connectivity index (χ1) is 5.93. The van der Waals surface area contributed by atoms with Gasteiger partial charge in [0, 0.05) is 6.42 Å². The van der Waals surface area contributed by atoms with Crippen molar-refractivity contribution in [2.45, 2.75) is 19.1 Å². The summed E-state index contributed by atoms with van der Waals surface area (Å²) >= 11 is 3.19. The van der Waals surface area contributed by atoms with Crippen molar-refractivity contribution >= 4 is 15.9 Å². The molecule has 1 fully saturated rings. The number of rotatable bonds is 4. The molecule has 0 amide bonds. The maximum absolute atomic E-state index is 5.28. The van der Waals surface area contributed by atoms with Gasteiger partial charge in [0.1, 0.15) is 0 Å². The Balaban J connectivity index is 2.01. The molecule has 1 rings (SSSR count). The highest BCUT2D eigenvalue weighted by atomic mass is 79.9. The third kappa shape index (κ3) is 4.04. The number of allylic oxidation sites excluding steroid dienone is 3. The minimum absolute atomic E-state index is 0.0302. The van der Waals surface area contributed by atoms with Crippen LogP contribution in [-0.2, 0) is 9.47 Å². The molecule has 0 bridgehead atoms. The first-order valence-corrected chi connectivity index (χ1v) is 5.00. The second kappa shape index (κ2) is 6.40. The number of ether oxygens (including phenoxy) is 2. The van der Waals surface area contributed by atoms with Gasteiger partial charge < -0.3 is 9.47 Å². The maximum atomic E-state index is 5.28. The monoisotopic (exact) mass is 232 g/mol. The molecular weight excluding hydrogens is 220 g/mol. The molecule has 0 aromatic rings. The third-order valence-corrected chi connectivity index (χ3v) is 1.89. The number of halogens is 1. The van der Waals surface area contributed by atoms with Gasteiger partial charge >= 0.3 is 0 Å². The second-order valence-corrected chi connectivity index (χ2v) is 3.02. The molecule has 68 valence electrons. The lowest BCUT2D eigenvalue weighted by molar-refractivity contribution is -0.0457. The van der Waals surface area contributed by atoms with Crippen LogP contribution in [0.3, 0.4) is 0 Å². The molecule has 0 aromatic carbocycles. The van der Waals surface area contributed by atoms with Crippen LogP contribution in [0.4, 0.5) is 0 Å². The van der Waals surface area contributed by atoms with Crippen LogP contribution in [0.5, 0.6) is 0 Å². The van der Waals surface area contributed by atoms with Gasteiger partial charge in [-0.05, 0) is 11.4 Å². The van der Waals surface area contributed by atoms with Gasteiger partial charge in [-0.2, -0.15) is 0 Å². The second-order valence-electron chi connectivity index (χ2n) is 2.50. The third-order valence-electron chi connectivity index (χ3n) is 1.58. The van der Waals surface area contributed by atoms with E-state index in [4.69, 9.17) is 9.47 Å². The summed E-state index contributed by atoms with van der Waals surface area (Å²) in [6, 6.07) is 0. The van der Waals surface area contributed by atoms with Gasteiger partial charge in [0.25, 0.3) is 0 Å². The van der Waals surface area contributed by atoms with E-state index in [9.17, 15) is 0 Å². The van der Waals surface area contributed by atoms with Crippen LogP contribution in [-0.4, -0.2) is 19.5 Å². The Labute approximate surface area is 81.4 Å². The summed E-state index contributed by atoms with van der Waals surface area (Å²) in [6.07, 6.45) is 8.03. The highest BCUT2D eigenvalue weighted by molar-refractivity contribution is 9.11. The van der Waals surface area contributed by atoms with Crippen molar-refractivity contribution in [2.75, 3.05) is 13.2 Å². The predicted molar refractivity (Wildman–Crippen MR) is 52.1 cm³/mol. The van der Waals surface area contributed by atoms with Crippen LogP contribution < -0.4 is 0 Å². The minimum atomic E-state index is 0.0302. The topological polar surface area (TPSA) is 18.5 Å². The lowest BCUT2D eigenvalue weighted by atomic mass is 10.3. The first kappa shape index (κ1) is 9.96. The van der Waals surface area contributed by atoms with Crippen molar-refractivity contribution in [2.24, 2.45) is 0 Å². The maximum Gasteiger partial charge on any atom is 0.158 e. The Kier molecular flexibility index (Phi) is 5.32. The standard InChI is InChI=1S/C9H13BrO2/c10-6-4-2-1-3-5-9-11-7-8-12-9/h1-2,4,6,9H,3,5,7-8H2. The molecule has 0 saturated carbocycles. The number of hydrogen-bond donors (Lipinski definition) is 0. The van der Waals surface area contributed by atoms with E-state index in [1.807, 2.05) is 17.1 Å². The lowest BCUT2D eigenvalue weighted by Crippen LogP contribution is -2.05. The average molecular weight is 233 g/mol. The lowest BCUT2D eigenvalue weighted by Gasteiger charge is -2.05. The SMILES string of the molecule is BrC=CC=CCCC1OCCO1. The van der Waals surface area contributed by atoms with Crippen molar-refractivity contribution in [1.82, 2.24) is 0 Å². The van der Waals surface area contributed by atoms with Crippen molar-refractivity contribution in [3.05, 3.63) is 23.2 Å². The van der Waals surface area contributed by atoms with Crippen LogP contribution in [0.25, 0.3) is 0 Å². The fourth-order valence-electron chi connectivity index (χ4n) is 1.02. The van der Waals surface area contributed by atoms with E-state index >= 15 is 0 Å². The molecule has 3 heteroatoms. The van der Waals surface area contributed by atoms with Crippen molar-refractivity contribution in [1.29, 1.82) is 0 Å². The summed E-state index contributed by atoms with van der Waals surface area (Å²) in [4.78, 5) is 1.83. The normalized spacial score (nSPS) is 20.1. The van der Waals surface area contributed by atoms with Crippen LogP contribution in [0.2, 0.25) is 0 Å². The Morgan fingerprint density at radius 1 is 1.25 bits per heavy atom. The molecule has 12 heavy (non-hydrogen) atoms. The zero-order valence-electron chi connectivity index (χ0n) is 6.91. The van der Waals surface area contributed by atoms with Crippen molar-refractivity contribution < 1.29 is 9.47 Å². The van der Waals surface area contributed by atoms with E-state index in [1.165, 1.54) is 0 Å². The van der Waals surface area contributed by atoms with Gasteiger partial charge in [-0.1, -0.05) is 34.2 Å². The number of hydrogen-bond acceptors (Lipinski definition) is 2. The molecule has 1 heterocycles. The van der Waals surface area contributed by atoms with Gasteiger partial charge in [-0.3, -0.25) is 0 Å². The van der Waals surface area contributed by atoms with Crippen LogP contribution in [0.1, 0.15) is 12.8 Å². The quantitative estimate of drug-likeness (QED) is 0.695. The van der Waals surface area contributed by atoms with Gasteiger partial charge in [-0.15, -0.1) is 0 Å². The highest BCUT2D eigenvalue weighted by Crippen LogP contribution is 2.10. The predicted octanol–water partition coefficient (Wildman–Crippen LogP) is 2.60. The van der Waals surface area contributed by atoms with E-state index in [0.717, 1.165) is 26.1 Å². The minimum Gasteiger partial charge on any atom is -0.350 e. The molecule has 0 unspecified atom stereocenters. The summed E-state index contributed by atoms with van der Waals surface area (Å²) in [5.41, 5.74) is 0. The Morgan fingerprint density at radius 3 is 2.67 bits per heavy atom. The molecule has 0 radical (unpaired) electrons. The average Bonchev–Trinajstić information content (AvgIpc) is 2.57. The zero-order valence-corrected chi connectivity index (χ0v) is 8.50. The summed E-state index contributed by atoms with van der Waals surface area (Å²) in [5.74, 6) is 0. The molecule has 0 atom stereocenters. The molecule has 0 aromatic heterocycles. The molecule has 1 saturated heterocycles. The molecule has 0 spiro atoms. The molecule has 2 nitrogen and oxygen atoms in total. The largest absolute Gasteiger partial charge is 0.350 e. The fraction of sp³-hybridized carbons (Fsp3) is 0.556. The van der Waals surface area contributed by atoms with Crippen LogP contribution in [0.15, 0.2) is 23.2 Å². The highest BCUT2D eigenvalue weighted by Gasteiger charge is 2.13. The first-order valence-electron chi connectivity index (χ1n) is 4.08. The summed E-state index contributed by atoms with van der Waals surface area (Å²) < 4.78 is 10.6. The summed E-state index contributed by atoms with van der Waals surface area (Å²) in [5, 5.41) is 0. The van der Waals surface area contributed by atoms with Gasteiger partial charge in [0.15, 0.2) is 6.29 Å². The molecule has 1 aliphatic heterocycles. The van der Waals surface area contributed by atoms with E-state index in [1.54, 1.807) is 0 Å². The Hall–Kier alpha value is -0.120. The smallest absolute Gasteiger partial charge is 0.158 e. The summed E-state index contributed by atoms with van der Waals surface area (Å²) in [6.45, 7) is 1.49. The van der Waals surface area contributed by atoms with Gasteiger partial charge in [0.2, 0.25) is 0 Å². The van der Waals surface area contributed by atoms with Gasteiger partial charge in [0.05, 0.1) is 13.2 Å². The van der Waals surface area contributed by atoms with Gasteiger partial charge in [-0.25, -0.2) is 0 Å². The molecule has 1 aliphatic rings. The van der Waals surface area contributed by atoms with Crippen LogP contribution in [0, 0.1) is 0 Å². The van der Waals surface area contributed by atoms with Crippen LogP contribution >= 0.6 is 15.9 Å². The summed E-state index contributed by atoms with van der Waals surface area (Å²) in [7, 11) is 0. The van der Waals surface area contributed by atoms with Crippen molar-refractivity contribution in [3.63, 3.8) is 0 Å². The zero-order chi connectivity index (χ0) is 8.65. The van der Waals surface area contributed by atoms with E-state index in [0.29, 0.717) is 0 Å². The molecule has 0 N–H and O–H groups in total. The van der Waals surface area contributed by atoms with Crippen molar-refractivity contribution in [3.8, 4) is 0 Å². The Morgan fingerprint density at radius 2 is 2.00 bits per heavy atom. The fourth-order valence-corrected chi connectivity index (χ4v) is 1.20. The van der Waals surface area contributed by atoms with E-state index in [-0.39, 0.29) is 6.29 Å². The molecule has 0 aliphatic carbocycles. The van der Waals surface area contributed by atoms with E-state index in [2.05, 4.69) is 22.0 Å². The molecular formula is C9H13BrO2. The van der Waals surface area contributed by atoms with E-state index < -0.39 is 0 Å².